The zero-order chi connectivity index (χ0) is 19.9. The first kappa shape index (κ1) is 23.4. The van der Waals surface area contributed by atoms with Crippen molar-refractivity contribution in [3.05, 3.63) is 47.3 Å². The van der Waals surface area contributed by atoms with Crippen molar-refractivity contribution in [2.45, 2.75) is 58.3 Å². The van der Waals surface area contributed by atoms with Crippen molar-refractivity contribution in [3.63, 3.8) is 0 Å². The summed E-state index contributed by atoms with van der Waals surface area (Å²) in [5, 5.41) is 11.0. The summed E-state index contributed by atoms with van der Waals surface area (Å²) >= 11 is 0. The van der Waals surface area contributed by atoms with Crippen LogP contribution >= 0.6 is 24.0 Å². The Morgan fingerprint density at radius 3 is 2.66 bits per heavy atom. The Hall–Kier alpha value is -1.91. The number of nitrogens with one attached hydrogen (secondary N) is 2. The van der Waals surface area contributed by atoms with Crippen LogP contribution in [0.25, 0.3) is 0 Å². The van der Waals surface area contributed by atoms with Crippen LogP contribution in [0.5, 0.6) is 5.75 Å². The fraction of sp³-hybridized carbons (Fsp3) is 0.500. The normalized spacial score (nSPS) is 14.7. The van der Waals surface area contributed by atoms with Crippen LogP contribution in [0.3, 0.4) is 0 Å². The summed E-state index contributed by atoms with van der Waals surface area (Å²) in [7, 11) is 1.67. The molecule has 0 unspecified atom stereocenters. The molecule has 1 fully saturated rings. The Labute approximate surface area is 187 Å². The number of aliphatic imine (C=N–C) groups is 1. The van der Waals surface area contributed by atoms with Crippen molar-refractivity contribution in [2.75, 3.05) is 7.05 Å². The molecule has 1 saturated carbocycles. The second-order valence-electron chi connectivity index (χ2n) is 6.99. The minimum atomic E-state index is -2.85. The largest absolute Gasteiger partial charge is 0.434 e. The SMILES string of the molecule is CN=C(NCc1ccn(C2CCCC2)n1)NCc1cc(C)ccc1OC(F)F.I. The van der Waals surface area contributed by atoms with Crippen molar-refractivity contribution in [2.24, 2.45) is 4.99 Å². The minimum absolute atomic E-state index is 0. The van der Waals surface area contributed by atoms with Gasteiger partial charge in [0.2, 0.25) is 0 Å². The van der Waals surface area contributed by atoms with Gasteiger partial charge in [-0.15, -0.1) is 24.0 Å². The molecule has 2 aromatic rings. The number of halogens is 3. The monoisotopic (exact) mass is 519 g/mol. The first-order valence-electron chi connectivity index (χ1n) is 9.58. The highest BCUT2D eigenvalue weighted by atomic mass is 127. The highest BCUT2D eigenvalue weighted by Gasteiger charge is 2.17. The molecular formula is C20H28F2IN5O. The van der Waals surface area contributed by atoms with Crippen LogP contribution in [0.1, 0.15) is 48.5 Å². The van der Waals surface area contributed by atoms with E-state index in [-0.39, 0.29) is 29.7 Å². The zero-order valence-electron chi connectivity index (χ0n) is 16.7. The van der Waals surface area contributed by atoms with Crippen LogP contribution in [0.2, 0.25) is 0 Å². The average molecular weight is 519 g/mol. The van der Waals surface area contributed by atoms with E-state index in [1.165, 1.54) is 25.7 Å². The van der Waals surface area contributed by atoms with Crippen molar-refractivity contribution < 1.29 is 13.5 Å². The van der Waals surface area contributed by atoms with Crippen molar-refractivity contribution in [3.8, 4) is 5.75 Å². The van der Waals surface area contributed by atoms with Gasteiger partial charge in [0.05, 0.1) is 18.3 Å². The number of alkyl halides is 2. The lowest BCUT2D eigenvalue weighted by atomic mass is 10.1. The van der Waals surface area contributed by atoms with Crippen molar-refractivity contribution in [1.29, 1.82) is 0 Å². The van der Waals surface area contributed by atoms with Gasteiger partial charge >= 0.3 is 6.61 Å². The van der Waals surface area contributed by atoms with Crippen LogP contribution in [0.15, 0.2) is 35.5 Å². The number of benzene rings is 1. The molecule has 0 aliphatic heterocycles. The van der Waals surface area contributed by atoms with Gasteiger partial charge in [-0.3, -0.25) is 9.67 Å². The van der Waals surface area contributed by atoms with E-state index in [1.54, 1.807) is 19.2 Å². The predicted molar refractivity (Wildman–Crippen MR) is 120 cm³/mol. The molecule has 0 saturated heterocycles. The Balaban J connectivity index is 0.00000300. The summed E-state index contributed by atoms with van der Waals surface area (Å²) in [6.07, 6.45) is 6.95. The van der Waals surface area contributed by atoms with Gasteiger partial charge in [0.1, 0.15) is 5.75 Å². The quantitative estimate of drug-likeness (QED) is 0.324. The van der Waals surface area contributed by atoms with Crippen LogP contribution in [-0.4, -0.2) is 29.4 Å². The molecule has 1 aliphatic carbocycles. The highest BCUT2D eigenvalue weighted by molar-refractivity contribution is 14.0. The molecule has 0 atom stereocenters. The molecule has 3 rings (SSSR count). The molecule has 0 amide bonds. The summed E-state index contributed by atoms with van der Waals surface area (Å²) in [6, 6.07) is 7.65. The molecule has 0 radical (unpaired) electrons. The van der Waals surface area contributed by atoms with Crippen LogP contribution in [0.4, 0.5) is 8.78 Å². The minimum Gasteiger partial charge on any atom is -0.434 e. The molecule has 6 nitrogen and oxygen atoms in total. The van der Waals surface area contributed by atoms with Gasteiger partial charge in [0.15, 0.2) is 5.96 Å². The third-order valence-corrected chi connectivity index (χ3v) is 4.90. The van der Waals surface area contributed by atoms with Crippen LogP contribution < -0.4 is 15.4 Å². The zero-order valence-corrected chi connectivity index (χ0v) is 19.0. The summed E-state index contributed by atoms with van der Waals surface area (Å²) in [4.78, 5) is 4.19. The van der Waals surface area contributed by atoms with Crippen LogP contribution in [-0.2, 0) is 13.1 Å². The molecule has 1 heterocycles. The van der Waals surface area contributed by atoms with Gasteiger partial charge in [-0.05, 0) is 31.9 Å². The molecule has 160 valence electrons. The van der Waals surface area contributed by atoms with E-state index >= 15 is 0 Å². The van der Waals surface area contributed by atoms with E-state index in [0.29, 0.717) is 30.7 Å². The maximum atomic E-state index is 12.6. The first-order chi connectivity index (χ1) is 13.5. The van der Waals surface area contributed by atoms with Crippen LogP contribution in [0, 0.1) is 6.92 Å². The standard InChI is InChI=1S/C20H27F2N5O.HI/c1-14-7-8-18(28-19(21)22)15(11-14)12-24-20(23-2)25-13-16-9-10-27(26-16)17-5-3-4-6-17;/h7-11,17,19H,3-6,12-13H2,1-2H3,(H2,23,24,25);1H. The maximum absolute atomic E-state index is 12.6. The fourth-order valence-corrected chi connectivity index (χ4v) is 3.48. The van der Waals surface area contributed by atoms with Gasteiger partial charge in [-0.1, -0.05) is 30.5 Å². The van der Waals surface area contributed by atoms with E-state index in [9.17, 15) is 8.78 Å². The molecule has 9 heteroatoms. The lowest BCUT2D eigenvalue weighted by Gasteiger charge is -2.15. The van der Waals surface area contributed by atoms with Crippen molar-refractivity contribution >= 4 is 29.9 Å². The number of rotatable bonds is 7. The summed E-state index contributed by atoms with van der Waals surface area (Å²) in [5.74, 6) is 0.735. The molecule has 29 heavy (non-hydrogen) atoms. The molecule has 0 spiro atoms. The molecule has 1 aromatic carbocycles. The lowest BCUT2D eigenvalue weighted by molar-refractivity contribution is -0.0504. The molecular weight excluding hydrogens is 491 g/mol. The number of hydrogen-bond donors (Lipinski definition) is 2. The summed E-state index contributed by atoms with van der Waals surface area (Å²) in [5.41, 5.74) is 2.56. The maximum Gasteiger partial charge on any atom is 0.387 e. The first-order valence-corrected chi connectivity index (χ1v) is 9.58. The second kappa shape index (κ2) is 11.3. The molecule has 1 aliphatic rings. The number of aryl methyl sites for hydroxylation is 1. The third kappa shape index (κ3) is 6.83. The summed E-state index contributed by atoms with van der Waals surface area (Å²) < 4.78 is 31.9. The van der Waals surface area contributed by atoms with E-state index in [1.807, 2.05) is 25.3 Å². The third-order valence-electron chi connectivity index (χ3n) is 4.90. The van der Waals surface area contributed by atoms with Gasteiger partial charge < -0.3 is 15.4 Å². The van der Waals surface area contributed by atoms with E-state index in [2.05, 4.69) is 30.1 Å². The van der Waals surface area contributed by atoms with Gasteiger partial charge in [-0.25, -0.2) is 0 Å². The number of hydrogen-bond acceptors (Lipinski definition) is 3. The number of nitrogens with zero attached hydrogens (tertiary/aromatic N) is 3. The second-order valence-corrected chi connectivity index (χ2v) is 6.99. The van der Waals surface area contributed by atoms with E-state index < -0.39 is 6.61 Å². The summed E-state index contributed by atoms with van der Waals surface area (Å²) in [6.45, 7) is -0.0921. The van der Waals surface area contributed by atoms with E-state index in [4.69, 9.17) is 0 Å². The topological polar surface area (TPSA) is 63.5 Å². The molecule has 2 N–H and O–H groups in total. The average Bonchev–Trinajstić information content (AvgIpc) is 3.35. The predicted octanol–water partition coefficient (Wildman–Crippen LogP) is 4.39. The van der Waals surface area contributed by atoms with Gasteiger partial charge in [0, 0.05) is 25.4 Å². The smallest absolute Gasteiger partial charge is 0.387 e. The van der Waals surface area contributed by atoms with Gasteiger partial charge in [-0.2, -0.15) is 13.9 Å². The Bertz CT molecular complexity index is 806. The molecule has 1 aromatic heterocycles. The number of guanidine groups is 1. The lowest BCUT2D eigenvalue weighted by Crippen LogP contribution is -2.36. The Morgan fingerprint density at radius 1 is 1.24 bits per heavy atom. The Morgan fingerprint density at radius 2 is 1.97 bits per heavy atom. The van der Waals surface area contributed by atoms with Crippen molar-refractivity contribution in [1.82, 2.24) is 20.4 Å². The molecule has 0 bridgehead atoms. The Kier molecular flexibility index (Phi) is 9.12. The fourth-order valence-electron chi connectivity index (χ4n) is 3.48. The number of aromatic nitrogens is 2. The highest BCUT2D eigenvalue weighted by Crippen LogP contribution is 2.28. The van der Waals surface area contributed by atoms with Gasteiger partial charge in [0.25, 0.3) is 0 Å². The number of ether oxygens (including phenoxy) is 1. The van der Waals surface area contributed by atoms with E-state index in [0.717, 1.165) is 11.3 Å².